The molecule has 1 aliphatic rings. The van der Waals surface area contributed by atoms with Gasteiger partial charge < -0.3 is 4.90 Å². The van der Waals surface area contributed by atoms with E-state index in [1.54, 1.807) is 0 Å². The van der Waals surface area contributed by atoms with Gasteiger partial charge in [0.1, 0.15) is 0 Å². The van der Waals surface area contributed by atoms with Crippen LogP contribution in [0.4, 0.5) is 13.2 Å². The number of hydrogen-bond donors (Lipinski definition) is 0. The van der Waals surface area contributed by atoms with E-state index in [0.29, 0.717) is 0 Å². The van der Waals surface area contributed by atoms with Crippen LogP contribution >= 0.6 is 0 Å². The van der Waals surface area contributed by atoms with Crippen LogP contribution in [0.5, 0.6) is 0 Å². The molecule has 78 valence electrons. The van der Waals surface area contributed by atoms with Crippen molar-refractivity contribution in [1.29, 1.82) is 0 Å². The lowest BCUT2D eigenvalue weighted by atomic mass is 10.3. The maximum atomic E-state index is 12.2. The Kier molecular flexibility index (Phi) is 2.59. The maximum Gasteiger partial charge on any atom is 0.406 e. The Balaban J connectivity index is 2.92. The van der Waals surface area contributed by atoms with Gasteiger partial charge in [-0.2, -0.15) is 13.2 Å². The number of nitrogens with zero attached hydrogens (tertiary/aromatic N) is 1. The summed E-state index contributed by atoms with van der Waals surface area (Å²) in [5.74, 6) is -0.409. The molecule has 1 unspecified atom stereocenters. The lowest BCUT2D eigenvalue weighted by molar-refractivity contribution is -0.134. The lowest BCUT2D eigenvalue weighted by Crippen LogP contribution is -2.51. The summed E-state index contributed by atoms with van der Waals surface area (Å²) in [6, 6.07) is 0. The van der Waals surface area contributed by atoms with Gasteiger partial charge in [0.25, 0.3) is 0 Å². The summed E-state index contributed by atoms with van der Waals surface area (Å²) < 4.78 is 58.7. The molecule has 1 saturated heterocycles. The van der Waals surface area contributed by atoms with Gasteiger partial charge in [0.05, 0.1) is 5.75 Å². The highest BCUT2D eigenvalue weighted by atomic mass is 32.2. The molecule has 0 radical (unpaired) electrons. The normalized spacial score (nSPS) is 30.3. The van der Waals surface area contributed by atoms with Crippen molar-refractivity contribution in [3.8, 4) is 0 Å². The largest absolute Gasteiger partial charge is 0.406 e. The van der Waals surface area contributed by atoms with Crippen LogP contribution in [0.15, 0.2) is 0 Å². The molecule has 7 heteroatoms. The second-order valence-corrected chi connectivity index (χ2v) is 5.46. The van der Waals surface area contributed by atoms with Crippen LogP contribution in [0.2, 0.25) is 0 Å². The Labute approximate surface area is 74.4 Å². The van der Waals surface area contributed by atoms with Gasteiger partial charge in [0.2, 0.25) is 0 Å². The Morgan fingerprint density at radius 2 is 1.92 bits per heavy atom. The molecule has 1 aliphatic heterocycles. The zero-order valence-electron chi connectivity index (χ0n) is 7.00. The quantitative estimate of drug-likeness (QED) is 0.584. The van der Waals surface area contributed by atoms with Gasteiger partial charge in [-0.25, -0.2) is 8.42 Å². The van der Waals surface area contributed by atoms with Crippen LogP contribution in [0.1, 0.15) is 0 Å². The van der Waals surface area contributed by atoms with Crippen LogP contribution < -0.4 is 0 Å². The minimum atomic E-state index is -4.65. The van der Waals surface area contributed by atoms with Gasteiger partial charge in [-0.15, -0.1) is 0 Å². The first-order chi connectivity index (χ1) is 5.73. The summed E-state index contributed by atoms with van der Waals surface area (Å²) in [5, 5.41) is -2.21. The molecule has 0 N–H and O–H groups in total. The third kappa shape index (κ3) is 2.34. The number of sulfone groups is 1. The van der Waals surface area contributed by atoms with Crippen molar-refractivity contribution in [2.24, 2.45) is 0 Å². The highest BCUT2D eigenvalue weighted by Crippen LogP contribution is 2.29. The molecule has 1 rings (SSSR count). The maximum absolute atomic E-state index is 12.2. The van der Waals surface area contributed by atoms with Crippen LogP contribution in [-0.4, -0.2) is 50.6 Å². The van der Waals surface area contributed by atoms with Crippen molar-refractivity contribution in [3.05, 3.63) is 0 Å². The molecular weight excluding hydrogens is 207 g/mol. The summed E-state index contributed by atoms with van der Waals surface area (Å²) in [5.41, 5.74) is 0. The molecule has 0 aromatic carbocycles. The Morgan fingerprint density at radius 1 is 1.38 bits per heavy atom. The van der Waals surface area contributed by atoms with E-state index < -0.39 is 33.6 Å². The van der Waals surface area contributed by atoms with Crippen LogP contribution in [0.25, 0.3) is 0 Å². The summed E-state index contributed by atoms with van der Waals surface area (Å²) in [4.78, 5) is 1.37. The van der Waals surface area contributed by atoms with E-state index in [-0.39, 0.29) is 6.54 Å². The molecule has 0 bridgehead atoms. The van der Waals surface area contributed by atoms with Crippen molar-refractivity contribution in [2.75, 3.05) is 25.9 Å². The van der Waals surface area contributed by atoms with Crippen molar-refractivity contribution in [1.82, 2.24) is 4.90 Å². The molecule has 1 fully saturated rings. The standard InChI is InChI=1S/C6H10F3NO2S/c1-10-2-3-13(11,12)5(4-10)6(7,8)9/h5H,2-4H2,1H3. The minimum Gasteiger partial charge on any atom is -0.304 e. The lowest BCUT2D eigenvalue weighted by Gasteiger charge is -2.30. The molecule has 3 nitrogen and oxygen atoms in total. The molecular formula is C6H10F3NO2S. The first-order valence-electron chi connectivity index (χ1n) is 3.70. The van der Waals surface area contributed by atoms with Crippen molar-refractivity contribution < 1.29 is 21.6 Å². The molecule has 0 aromatic heterocycles. The van der Waals surface area contributed by atoms with E-state index in [0.717, 1.165) is 0 Å². The summed E-state index contributed by atoms with van der Waals surface area (Å²) in [6.07, 6.45) is -4.65. The average molecular weight is 217 g/mol. The van der Waals surface area contributed by atoms with Crippen LogP contribution in [-0.2, 0) is 9.84 Å². The molecule has 0 saturated carbocycles. The third-order valence-electron chi connectivity index (χ3n) is 2.03. The molecule has 13 heavy (non-hydrogen) atoms. The predicted molar refractivity (Wildman–Crippen MR) is 41.1 cm³/mol. The summed E-state index contributed by atoms with van der Waals surface area (Å²) >= 11 is 0. The zero-order chi connectivity index (χ0) is 10.3. The van der Waals surface area contributed by atoms with E-state index in [1.165, 1.54) is 11.9 Å². The van der Waals surface area contributed by atoms with Crippen molar-refractivity contribution in [2.45, 2.75) is 11.4 Å². The fraction of sp³-hybridized carbons (Fsp3) is 1.00. The van der Waals surface area contributed by atoms with E-state index in [4.69, 9.17) is 0 Å². The van der Waals surface area contributed by atoms with Gasteiger partial charge in [-0.1, -0.05) is 0 Å². The van der Waals surface area contributed by atoms with Gasteiger partial charge >= 0.3 is 6.18 Å². The first-order valence-corrected chi connectivity index (χ1v) is 5.42. The SMILES string of the molecule is CN1CCS(=O)(=O)C(C(F)(F)F)C1. The predicted octanol–water partition coefficient (Wildman–Crippen LogP) is 0.277. The molecule has 0 aliphatic carbocycles. The van der Waals surface area contributed by atoms with E-state index in [1.807, 2.05) is 0 Å². The highest BCUT2D eigenvalue weighted by molar-refractivity contribution is 7.92. The number of rotatable bonds is 0. The topological polar surface area (TPSA) is 37.4 Å². The van der Waals surface area contributed by atoms with Crippen molar-refractivity contribution in [3.63, 3.8) is 0 Å². The van der Waals surface area contributed by atoms with E-state index >= 15 is 0 Å². The number of hydrogen-bond acceptors (Lipinski definition) is 3. The van der Waals surface area contributed by atoms with Gasteiger partial charge in [-0.3, -0.25) is 0 Å². The van der Waals surface area contributed by atoms with E-state index in [9.17, 15) is 21.6 Å². The summed E-state index contributed by atoms with van der Waals surface area (Å²) in [6.45, 7) is -0.277. The van der Waals surface area contributed by atoms with Crippen LogP contribution in [0, 0.1) is 0 Å². The molecule has 0 amide bonds. The smallest absolute Gasteiger partial charge is 0.304 e. The molecule has 0 spiro atoms. The fourth-order valence-corrected chi connectivity index (χ4v) is 2.96. The van der Waals surface area contributed by atoms with Crippen molar-refractivity contribution >= 4 is 9.84 Å². The Hall–Kier alpha value is -0.300. The molecule has 1 heterocycles. The Morgan fingerprint density at radius 3 is 2.31 bits per heavy atom. The number of halogens is 3. The fourth-order valence-electron chi connectivity index (χ4n) is 1.22. The first kappa shape index (κ1) is 10.8. The zero-order valence-corrected chi connectivity index (χ0v) is 7.82. The monoisotopic (exact) mass is 217 g/mol. The third-order valence-corrected chi connectivity index (χ3v) is 4.07. The second-order valence-electron chi connectivity index (χ2n) is 3.16. The Bertz CT molecular complexity index is 285. The van der Waals surface area contributed by atoms with Gasteiger partial charge in [0.15, 0.2) is 15.1 Å². The van der Waals surface area contributed by atoms with Crippen LogP contribution in [0.3, 0.4) is 0 Å². The highest BCUT2D eigenvalue weighted by Gasteiger charge is 2.50. The molecule has 0 aromatic rings. The molecule has 1 atom stereocenters. The van der Waals surface area contributed by atoms with Gasteiger partial charge in [-0.05, 0) is 7.05 Å². The summed E-state index contributed by atoms with van der Waals surface area (Å²) in [7, 11) is -2.50. The minimum absolute atomic E-state index is 0.176. The second kappa shape index (κ2) is 3.13. The van der Waals surface area contributed by atoms with E-state index in [2.05, 4.69) is 0 Å². The average Bonchev–Trinajstić information content (AvgIpc) is 1.92. The van der Waals surface area contributed by atoms with Gasteiger partial charge in [0, 0.05) is 13.1 Å². The number of alkyl halides is 3.